The predicted molar refractivity (Wildman–Crippen MR) is 106 cm³/mol. The zero-order valence-corrected chi connectivity index (χ0v) is 16.6. The van der Waals surface area contributed by atoms with Crippen molar-refractivity contribution in [1.29, 1.82) is 0 Å². The third-order valence-electron chi connectivity index (χ3n) is 5.18. The van der Waals surface area contributed by atoms with E-state index in [1.54, 1.807) is 7.11 Å². The van der Waals surface area contributed by atoms with Crippen LogP contribution in [-0.4, -0.2) is 37.1 Å². The fraction of sp³-hybridized carbons (Fsp3) is 0.611. The van der Waals surface area contributed by atoms with E-state index in [1.807, 2.05) is 12.1 Å². The van der Waals surface area contributed by atoms with Gasteiger partial charge < -0.3 is 15.4 Å². The van der Waals surface area contributed by atoms with Gasteiger partial charge in [-0.2, -0.15) is 0 Å². The Morgan fingerprint density at radius 2 is 2.13 bits per heavy atom. The topological polar surface area (TPSA) is 50.9 Å². The van der Waals surface area contributed by atoms with Crippen LogP contribution in [0.2, 0.25) is 0 Å². The lowest BCUT2D eigenvalue weighted by atomic mass is 9.96. The molecule has 128 valence electrons. The van der Waals surface area contributed by atoms with Crippen LogP contribution in [0.3, 0.4) is 0 Å². The molecule has 1 aromatic rings. The predicted octanol–water partition coefficient (Wildman–Crippen LogP) is 3.39. The van der Waals surface area contributed by atoms with Crippen molar-refractivity contribution in [2.24, 2.45) is 16.6 Å². The first kappa shape index (κ1) is 18.4. The summed E-state index contributed by atoms with van der Waals surface area (Å²) in [7, 11) is 1.73. The molecule has 0 amide bonds. The largest absolute Gasteiger partial charge is 0.496 e. The second-order valence-electron chi connectivity index (χ2n) is 7.02. The average Bonchev–Trinajstić information content (AvgIpc) is 3.18. The second-order valence-corrected chi connectivity index (χ2v) is 7.02. The minimum absolute atomic E-state index is 0. The summed E-state index contributed by atoms with van der Waals surface area (Å²) >= 11 is 0. The van der Waals surface area contributed by atoms with Gasteiger partial charge in [-0.05, 0) is 31.2 Å². The quantitative estimate of drug-likeness (QED) is 0.455. The molecule has 2 aliphatic rings. The summed E-state index contributed by atoms with van der Waals surface area (Å²) in [6, 6.07) is 8.51. The molecule has 2 fully saturated rings. The van der Waals surface area contributed by atoms with Crippen LogP contribution in [0.1, 0.15) is 38.7 Å². The molecule has 3 rings (SSSR count). The Bertz CT molecular complexity index is 577. The Morgan fingerprint density at radius 3 is 2.83 bits per heavy atom. The first-order valence-electron chi connectivity index (χ1n) is 8.26. The molecule has 1 saturated heterocycles. The Kier molecular flexibility index (Phi) is 5.81. The highest BCUT2D eigenvalue weighted by atomic mass is 127. The summed E-state index contributed by atoms with van der Waals surface area (Å²) in [5.74, 6) is 2.38. The summed E-state index contributed by atoms with van der Waals surface area (Å²) in [5, 5.41) is 0. The van der Waals surface area contributed by atoms with E-state index >= 15 is 0 Å². The van der Waals surface area contributed by atoms with Crippen molar-refractivity contribution in [2.45, 2.75) is 44.6 Å². The standard InChI is InChI=1S/C18H27N3O.HI/c1-13-7-6-10-21(12-13)17(19)20-16-11-18(16,2)14-8-4-5-9-15(14)22-3;/h4-5,8-9,13,16H,6-7,10-12H2,1-3H3,(H2,19,20);1H. The monoisotopic (exact) mass is 429 g/mol. The lowest BCUT2D eigenvalue weighted by molar-refractivity contribution is 0.270. The van der Waals surface area contributed by atoms with E-state index in [9.17, 15) is 0 Å². The molecule has 3 unspecified atom stereocenters. The van der Waals surface area contributed by atoms with E-state index in [4.69, 9.17) is 15.5 Å². The Balaban J connectivity index is 0.00000192. The number of rotatable bonds is 3. The summed E-state index contributed by atoms with van der Waals surface area (Å²) in [4.78, 5) is 7.06. The van der Waals surface area contributed by atoms with Crippen LogP contribution in [0.25, 0.3) is 0 Å². The van der Waals surface area contributed by atoms with Gasteiger partial charge in [0.05, 0.1) is 13.2 Å². The van der Waals surface area contributed by atoms with Crippen LogP contribution in [0, 0.1) is 5.92 Å². The molecule has 3 atom stereocenters. The van der Waals surface area contributed by atoms with Crippen LogP contribution in [-0.2, 0) is 5.41 Å². The zero-order valence-electron chi connectivity index (χ0n) is 14.3. The van der Waals surface area contributed by atoms with Gasteiger partial charge in [0.25, 0.3) is 0 Å². The lowest BCUT2D eigenvalue weighted by Gasteiger charge is -2.31. The van der Waals surface area contributed by atoms with Gasteiger partial charge in [0.15, 0.2) is 5.96 Å². The molecule has 0 spiro atoms. The van der Waals surface area contributed by atoms with Gasteiger partial charge in [0.2, 0.25) is 0 Å². The second kappa shape index (κ2) is 7.28. The number of nitrogens with two attached hydrogens (primary N) is 1. The van der Waals surface area contributed by atoms with Crippen LogP contribution in [0.5, 0.6) is 5.75 Å². The number of hydrogen-bond acceptors (Lipinski definition) is 2. The van der Waals surface area contributed by atoms with E-state index in [-0.39, 0.29) is 35.4 Å². The van der Waals surface area contributed by atoms with Gasteiger partial charge in [-0.15, -0.1) is 24.0 Å². The maximum atomic E-state index is 6.27. The third-order valence-corrected chi connectivity index (χ3v) is 5.18. The van der Waals surface area contributed by atoms with E-state index < -0.39 is 0 Å². The molecule has 0 aromatic heterocycles. The summed E-state index contributed by atoms with van der Waals surface area (Å²) < 4.78 is 5.51. The van der Waals surface area contributed by atoms with E-state index in [1.165, 1.54) is 18.4 Å². The van der Waals surface area contributed by atoms with E-state index in [0.29, 0.717) is 5.92 Å². The number of benzene rings is 1. The number of piperidine rings is 1. The van der Waals surface area contributed by atoms with Gasteiger partial charge in [-0.25, -0.2) is 4.99 Å². The maximum Gasteiger partial charge on any atom is 0.191 e. The fourth-order valence-electron chi connectivity index (χ4n) is 3.58. The van der Waals surface area contributed by atoms with E-state index in [0.717, 1.165) is 31.2 Å². The number of guanidine groups is 1. The summed E-state index contributed by atoms with van der Waals surface area (Å²) in [6.07, 6.45) is 3.55. The van der Waals surface area contributed by atoms with E-state index in [2.05, 4.69) is 30.9 Å². The molecule has 1 saturated carbocycles. The van der Waals surface area contributed by atoms with Crippen molar-refractivity contribution in [3.05, 3.63) is 29.8 Å². The van der Waals surface area contributed by atoms with Gasteiger partial charge in [-0.1, -0.05) is 32.0 Å². The number of aliphatic imine (C=N–C) groups is 1. The first-order valence-corrected chi connectivity index (χ1v) is 8.26. The number of likely N-dealkylation sites (tertiary alicyclic amines) is 1. The minimum Gasteiger partial charge on any atom is -0.496 e. The number of halogens is 1. The normalized spacial score (nSPS) is 30.6. The SMILES string of the molecule is COc1ccccc1C1(C)CC1N=C(N)N1CCCC(C)C1.I. The first-order chi connectivity index (χ1) is 10.5. The van der Waals surface area contributed by atoms with Crippen molar-refractivity contribution >= 4 is 29.9 Å². The number of nitrogens with zero attached hydrogens (tertiary/aromatic N) is 2. The molecule has 5 heteroatoms. The highest BCUT2D eigenvalue weighted by molar-refractivity contribution is 14.0. The molecule has 23 heavy (non-hydrogen) atoms. The smallest absolute Gasteiger partial charge is 0.191 e. The number of methoxy groups -OCH3 is 1. The molecular formula is C18H28IN3O. The molecule has 0 bridgehead atoms. The van der Waals surface area contributed by atoms with Crippen LogP contribution < -0.4 is 10.5 Å². The van der Waals surface area contributed by atoms with Gasteiger partial charge >= 0.3 is 0 Å². The highest BCUT2D eigenvalue weighted by Crippen LogP contribution is 2.53. The number of para-hydroxylation sites is 1. The van der Waals surface area contributed by atoms with Crippen molar-refractivity contribution in [3.8, 4) is 5.75 Å². The van der Waals surface area contributed by atoms with Crippen molar-refractivity contribution in [3.63, 3.8) is 0 Å². The zero-order chi connectivity index (χ0) is 15.7. The maximum absolute atomic E-state index is 6.27. The van der Waals surface area contributed by atoms with Crippen LogP contribution >= 0.6 is 24.0 Å². The summed E-state index contributed by atoms with van der Waals surface area (Å²) in [5.41, 5.74) is 7.56. The van der Waals surface area contributed by atoms with Gasteiger partial charge in [0.1, 0.15) is 5.75 Å². The Hall–Kier alpha value is -0.980. The number of hydrogen-bond donors (Lipinski definition) is 1. The minimum atomic E-state index is 0. The third kappa shape index (κ3) is 3.75. The number of ether oxygens (including phenoxy) is 1. The van der Waals surface area contributed by atoms with Gasteiger partial charge in [-0.3, -0.25) is 0 Å². The van der Waals surface area contributed by atoms with Crippen molar-refractivity contribution in [2.75, 3.05) is 20.2 Å². The molecular weight excluding hydrogens is 401 g/mol. The molecule has 1 aliphatic heterocycles. The Morgan fingerprint density at radius 1 is 1.39 bits per heavy atom. The van der Waals surface area contributed by atoms with Gasteiger partial charge in [0, 0.05) is 24.1 Å². The van der Waals surface area contributed by atoms with Crippen LogP contribution in [0.4, 0.5) is 0 Å². The molecule has 1 heterocycles. The highest BCUT2D eigenvalue weighted by Gasteiger charge is 2.53. The fourth-order valence-corrected chi connectivity index (χ4v) is 3.58. The lowest BCUT2D eigenvalue weighted by Crippen LogP contribution is -2.43. The average molecular weight is 429 g/mol. The molecule has 1 aliphatic carbocycles. The molecule has 0 radical (unpaired) electrons. The molecule has 1 aromatic carbocycles. The van der Waals surface area contributed by atoms with Crippen molar-refractivity contribution in [1.82, 2.24) is 4.90 Å². The van der Waals surface area contributed by atoms with Crippen molar-refractivity contribution < 1.29 is 4.74 Å². The molecule has 4 nitrogen and oxygen atoms in total. The Labute approximate surface area is 156 Å². The molecule has 2 N–H and O–H groups in total. The van der Waals surface area contributed by atoms with Crippen LogP contribution in [0.15, 0.2) is 29.3 Å². The summed E-state index contributed by atoms with van der Waals surface area (Å²) in [6.45, 7) is 6.62.